The quantitative estimate of drug-likeness (QED) is 0.524. The number of rotatable bonds is 3. The van der Waals surface area contributed by atoms with Crippen molar-refractivity contribution < 1.29 is 4.21 Å². The Bertz CT molecular complexity index is 783. The molecule has 3 rings (SSSR count). The molecule has 0 spiro atoms. The summed E-state index contributed by atoms with van der Waals surface area (Å²) >= 11 is 3.71. The maximum Gasteiger partial charge on any atom is 0.182 e. The molecule has 0 radical (unpaired) electrons. The van der Waals surface area contributed by atoms with Crippen molar-refractivity contribution in [2.75, 3.05) is 5.73 Å². The van der Waals surface area contributed by atoms with Gasteiger partial charge in [-0.25, -0.2) is 4.98 Å². The average molecular weight is 414 g/mol. The van der Waals surface area contributed by atoms with Gasteiger partial charge in [-0.1, -0.05) is 12.1 Å². The highest BCUT2D eigenvalue weighted by Crippen LogP contribution is 2.27. The lowest BCUT2D eigenvalue weighted by Crippen LogP contribution is -1.95. The molecule has 0 aliphatic rings. The molecule has 0 fully saturated rings. The molecule has 2 aromatic carbocycles. The monoisotopic (exact) mass is 414 g/mol. The Morgan fingerprint density at radius 2 is 1.95 bits per heavy atom. The summed E-state index contributed by atoms with van der Waals surface area (Å²) in [4.78, 5) is 4.43. The normalized spacial score (nSPS) is 12.7. The predicted octanol–water partition coefficient (Wildman–Crippen LogP) is 3.79. The van der Waals surface area contributed by atoms with Gasteiger partial charge in [0.15, 0.2) is 4.34 Å². The number of anilines is 1. The van der Waals surface area contributed by atoms with E-state index in [2.05, 4.69) is 27.6 Å². The minimum atomic E-state index is -1.12. The first-order chi connectivity index (χ1) is 9.61. The Hall–Kier alpha value is -0.990. The molecule has 1 unspecified atom stereocenters. The van der Waals surface area contributed by atoms with E-state index in [1.165, 1.54) is 14.9 Å². The molecule has 1 atom stereocenters. The van der Waals surface area contributed by atoms with Gasteiger partial charge in [-0.05, 0) is 58.5 Å². The molecule has 6 heteroatoms. The minimum absolute atomic E-state index is 0.492. The standard InChI is InChI=1S/C14H11IN2OS2/c15-10-3-1-9(2-4-10)8-20(18)14-17-12-6-5-11(16)7-13(12)19-14/h1-7H,8,16H2. The van der Waals surface area contributed by atoms with Crippen molar-refractivity contribution >= 4 is 60.6 Å². The second-order valence-electron chi connectivity index (χ2n) is 4.32. The third-order valence-corrected chi connectivity index (χ3v) is 6.21. The molecule has 102 valence electrons. The summed E-state index contributed by atoms with van der Waals surface area (Å²) in [7, 11) is -1.12. The first kappa shape index (κ1) is 14.0. The fraction of sp³-hybridized carbons (Fsp3) is 0.0714. The molecule has 1 aromatic heterocycles. The summed E-state index contributed by atoms with van der Waals surface area (Å²) in [5, 5.41) is 0. The molecule has 0 aliphatic carbocycles. The van der Waals surface area contributed by atoms with E-state index >= 15 is 0 Å². The molecule has 20 heavy (non-hydrogen) atoms. The topological polar surface area (TPSA) is 56.0 Å². The smallest absolute Gasteiger partial charge is 0.182 e. The molecule has 0 bridgehead atoms. The van der Waals surface area contributed by atoms with Crippen molar-refractivity contribution in [3.63, 3.8) is 0 Å². The molecule has 1 heterocycles. The third kappa shape index (κ3) is 3.02. The number of nitrogens with two attached hydrogens (primary N) is 1. The Morgan fingerprint density at radius 3 is 2.70 bits per heavy atom. The van der Waals surface area contributed by atoms with Crippen LogP contribution in [0.1, 0.15) is 5.56 Å². The lowest BCUT2D eigenvalue weighted by molar-refractivity contribution is 0.682. The van der Waals surface area contributed by atoms with Crippen LogP contribution in [0.4, 0.5) is 5.69 Å². The summed E-state index contributed by atoms with van der Waals surface area (Å²) in [5.74, 6) is 0.492. The lowest BCUT2D eigenvalue weighted by atomic mass is 10.2. The van der Waals surface area contributed by atoms with Gasteiger partial charge in [0.05, 0.1) is 26.8 Å². The van der Waals surface area contributed by atoms with Crippen molar-refractivity contribution in [1.29, 1.82) is 0 Å². The van der Waals surface area contributed by atoms with Crippen LogP contribution < -0.4 is 5.73 Å². The largest absolute Gasteiger partial charge is 0.399 e. The van der Waals surface area contributed by atoms with Crippen LogP contribution in [0.25, 0.3) is 10.2 Å². The summed E-state index contributed by atoms with van der Waals surface area (Å²) < 4.78 is 15.2. The van der Waals surface area contributed by atoms with Gasteiger partial charge in [0.25, 0.3) is 0 Å². The number of halogens is 1. The number of benzene rings is 2. The zero-order valence-corrected chi connectivity index (χ0v) is 14.2. The average Bonchev–Trinajstić information content (AvgIpc) is 2.84. The first-order valence-corrected chi connectivity index (χ1v) is 9.12. The highest BCUT2D eigenvalue weighted by Gasteiger charge is 2.11. The Morgan fingerprint density at radius 1 is 1.20 bits per heavy atom. The molecule has 3 aromatic rings. The third-order valence-electron chi connectivity index (χ3n) is 2.80. The molecule has 2 N–H and O–H groups in total. The number of aromatic nitrogens is 1. The van der Waals surface area contributed by atoms with Crippen LogP contribution in [0.15, 0.2) is 46.8 Å². The second-order valence-corrected chi connectivity index (χ2v) is 8.22. The van der Waals surface area contributed by atoms with Gasteiger partial charge < -0.3 is 5.73 Å². The van der Waals surface area contributed by atoms with Crippen LogP contribution in [0.2, 0.25) is 0 Å². The van der Waals surface area contributed by atoms with E-state index in [-0.39, 0.29) is 0 Å². The van der Waals surface area contributed by atoms with Gasteiger partial charge in [0, 0.05) is 9.26 Å². The lowest BCUT2D eigenvalue weighted by Gasteiger charge is -1.99. The number of hydrogen-bond acceptors (Lipinski definition) is 4. The maximum atomic E-state index is 12.4. The van der Waals surface area contributed by atoms with Gasteiger partial charge in [0.1, 0.15) is 0 Å². The highest BCUT2D eigenvalue weighted by atomic mass is 127. The van der Waals surface area contributed by atoms with E-state index in [0.29, 0.717) is 15.8 Å². The van der Waals surface area contributed by atoms with Gasteiger partial charge >= 0.3 is 0 Å². The predicted molar refractivity (Wildman–Crippen MR) is 93.3 cm³/mol. The summed E-state index contributed by atoms with van der Waals surface area (Å²) in [6.07, 6.45) is 0. The van der Waals surface area contributed by atoms with Gasteiger partial charge in [-0.2, -0.15) is 0 Å². The molecule has 0 saturated carbocycles. The van der Waals surface area contributed by atoms with E-state index in [0.717, 1.165) is 15.8 Å². The van der Waals surface area contributed by atoms with Gasteiger partial charge in [-0.3, -0.25) is 4.21 Å². The van der Waals surface area contributed by atoms with Crippen molar-refractivity contribution in [3.05, 3.63) is 51.6 Å². The fourth-order valence-corrected chi connectivity index (χ4v) is 4.55. The number of hydrogen-bond donors (Lipinski definition) is 1. The summed E-state index contributed by atoms with van der Waals surface area (Å²) in [6.45, 7) is 0. The van der Waals surface area contributed by atoms with E-state index in [4.69, 9.17) is 5.73 Å². The Labute approximate surface area is 136 Å². The van der Waals surface area contributed by atoms with Crippen LogP contribution >= 0.6 is 33.9 Å². The number of nitrogens with zero attached hydrogens (tertiary/aromatic N) is 1. The molecule has 0 amide bonds. The molecular weight excluding hydrogens is 403 g/mol. The first-order valence-electron chi connectivity index (χ1n) is 5.91. The van der Waals surface area contributed by atoms with E-state index in [1.54, 1.807) is 0 Å². The molecule has 0 aliphatic heterocycles. The van der Waals surface area contributed by atoms with Crippen LogP contribution in [-0.2, 0) is 16.6 Å². The van der Waals surface area contributed by atoms with Crippen molar-refractivity contribution in [1.82, 2.24) is 4.98 Å². The fourth-order valence-electron chi connectivity index (χ4n) is 1.81. The molecule has 3 nitrogen and oxygen atoms in total. The van der Waals surface area contributed by atoms with Crippen LogP contribution in [-0.4, -0.2) is 9.19 Å². The van der Waals surface area contributed by atoms with Crippen molar-refractivity contribution in [3.8, 4) is 0 Å². The number of fused-ring (bicyclic) bond motifs is 1. The van der Waals surface area contributed by atoms with E-state index in [1.807, 2.05) is 42.5 Å². The van der Waals surface area contributed by atoms with Crippen molar-refractivity contribution in [2.24, 2.45) is 0 Å². The highest BCUT2D eigenvalue weighted by molar-refractivity contribution is 14.1. The Kier molecular flexibility index (Phi) is 4.04. The van der Waals surface area contributed by atoms with Crippen LogP contribution in [0.5, 0.6) is 0 Å². The molecular formula is C14H11IN2OS2. The van der Waals surface area contributed by atoms with Crippen LogP contribution in [0.3, 0.4) is 0 Å². The Balaban J connectivity index is 1.86. The zero-order valence-electron chi connectivity index (χ0n) is 10.4. The second kappa shape index (κ2) is 5.79. The molecule has 0 saturated heterocycles. The summed E-state index contributed by atoms with van der Waals surface area (Å²) in [5.41, 5.74) is 8.37. The number of nitrogen functional groups attached to an aromatic ring is 1. The minimum Gasteiger partial charge on any atom is -0.399 e. The van der Waals surface area contributed by atoms with Crippen LogP contribution in [0, 0.1) is 3.57 Å². The number of thiazole rings is 1. The van der Waals surface area contributed by atoms with E-state index < -0.39 is 10.8 Å². The SMILES string of the molecule is Nc1ccc2nc(S(=O)Cc3ccc(I)cc3)sc2c1. The van der Waals surface area contributed by atoms with E-state index in [9.17, 15) is 4.21 Å². The van der Waals surface area contributed by atoms with Gasteiger partial charge in [0.2, 0.25) is 0 Å². The maximum absolute atomic E-state index is 12.4. The summed E-state index contributed by atoms with van der Waals surface area (Å²) in [6, 6.07) is 13.6. The van der Waals surface area contributed by atoms with Crippen molar-refractivity contribution in [2.45, 2.75) is 10.1 Å². The van der Waals surface area contributed by atoms with Gasteiger partial charge in [-0.15, -0.1) is 11.3 Å². The zero-order chi connectivity index (χ0) is 14.1.